The van der Waals surface area contributed by atoms with E-state index in [1.165, 1.54) is 5.56 Å². The third-order valence-corrected chi connectivity index (χ3v) is 3.15. The van der Waals surface area contributed by atoms with E-state index in [1.54, 1.807) is 31.4 Å². The minimum Gasteiger partial charge on any atom is -0.497 e. The van der Waals surface area contributed by atoms with Crippen LogP contribution in [0.25, 0.3) is 0 Å². The number of benzene rings is 2. The molecule has 0 aliphatic heterocycles. The van der Waals surface area contributed by atoms with Crippen LogP contribution >= 0.6 is 0 Å². The van der Waals surface area contributed by atoms with E-state index in [2.05, 4.69) is 10.5 Å². The van der Waals surface area contributed by atoms with Crippen molar-refractivity contribution in [2.24, 2.45) is 5.10 Å². The summed E-state index contributed by atoms with van der Waals surface area (Å²) in [5.41, 5.74) is 6.03. The van der Waals surface area contributed by atoms with Crippen LogP contribution in [-0.4, -0.2) is 18.7 Å². The summed E-state index contributed by atoms with van der Waals surface area (Å²) < 4.78 is 5.06. The summed E-state index contributed by atoms with van der Waals surface area (Å²) in [6.45, 7) is 3.89. The minimum absolute atomic E-state index is 0.246. The molecular weight excluding hydrogens is 264 g/mol. The van der Waals surface area contributed by atoms with Gasteiger partial charge in [0.2, 0.25) is 0 Å². The molecule has 0 atom stereocenters. The number of ether oxygens (including phenoxy) is 1. The van der Waals surface area contributed by atoms with Crippen LogP contribution in [-0.2, 0) is 0 Å². The smallest absolute Gasteiger partial charge is 0.271 e. The van der Waals surface area contributed by atoms with Gasteiger partial charge in [-0.2, -0.15) is 5.10 Å². The SMILES string of the molecule is COc1ccc(C(=O)N/N=C(\C)c2ccc(C)cc2)cc1. The number of amides is 1. The fourth-order valence-corrected chi connectivity index (χ4v) is 1.80. The van der Waals surface area contributed by atoms with Crippen molar-refractivity contribution in [2.75, 3.05) is 7.11 Å². The Bertz CT molecular complexity index is 643. The van der Waals surface area contributed by atoms with Gasteiger partial charge in [-0.1, -0.05) is 29.8 Å². The maximum atomic E-state index is 12.0. The Kier molecular flexibility index (Phi) is 4.72. The van der Waals surface area contributed by atoms with E-state index in [-0.39, 0.29) is 5.91 Å². The minimum atomic E-state index is -0.246. The Morgan fingerprint density at radius 1 is 1.00 bits per heavy atom. The van der Waals surface area contributed by atoms with Crippen LogP contribution in [0.4, 0.5) is 0 Å². The molecule has 21 heavy (non-hydrogen) atoms. The number of hydrogen-bond donors (Lipinski definition) is 1. The lowest BCUT2D eigenvalue weighted by atomic mass is 10.1. The number of nitrogens with zero attached hydrogens (tertiary/aromatic N) is 1. The molecule has 108 valence electrons. The van der Waals surface area contributed by atoms with Crippen molar-refractivity contribution in [3.05, 3.63) is 65.2 Å². The van der Waals surface area contributed by atoms with E-state index in [0.29, 0.717) is 11.3 Å². The molecule has 1 amide bonds. The highest BCUT2D eigenvalue weighted by Crippen LogP contribution is 2.11. The predicted molar refractivity (Wildman–Crippen MR) is 83.9 cm³/mol. The first-order valence-electron chi connectivity index (χ1n) is 6.66. The summed E-state index contributed by atoms with van der Waals surface area (Å²) in [4.78, 5) is 12.0. The number of rotatable bonds is 4. The molecule has 0 aliphatic carbocycles. The molecule has 0 aromatic heterocycles. The molecule has 0 heterocycles. The second-order valence-electron chi connectivity index (χ2n) is 4.73. The molecule has 2 aromatic carbocycles. The van der Waals surface area contributed by atoms with E-state index in [1.807, 2.05) is 38.1 Å². The Hall–Kier alpha value is -2.62. The number of aryl methyl sites for hydroxylation is 1. The van der Waals surface area contributed by atoms with Crippen LogP contribution in [0, 0.1) is 6.92 Å². The predicted octanol–water partition coefficient (Wildman–Crippen LogP) is 3.16. The Balaban J connectivity index is 2.04. The normalized spacial score (nSPS) is 11.1. The largest absolute Gasteiger partial charge is 0.497 e. The molecule has 0 spiro atoms. The summed E-state index contributed by atoms with van der Waals surface area (Å²) in [6, 6.07) is 14.9. The molecule has 2 aromatic rings. The van der Waals surface area contributed by atoms with Gasteiger partial charge in [-0.05, 0) is 43.7 Å². The van der Waals surface area contributed by atoms with Crippen molar-refractivity contribution in [2.45, 2.75) is 13.8 Å². The summed E-state index contributed by atoms with van der Waals surface area (Å²) in [5.74, 6) is 0.468. The van der Waals surface area contributed by atoms with Crippen molar-refractivity contribution in [1.82, 2.24) is 5.43 Å². The van der Waals surface area contributed by atoms with Gasteiger partial charge in [0.15, 0.2) is 0 Å². The number of carbonyl (C=O) groups excluding carboxylic acids is 1. The second-order valence-corrected chi connectivity index (χ2v) is 4.73. The standard InChI is InChI=1S/C17H18N2O2/c1-12-4-6-14(7-5-12)13(2)18-19-17(20)15-8-10-16(21-3)11-9-15/h4-11H,1-3H3,(H,19,20)/b18-13+. The first-order chi connectivity index (χ1) is 10.1. The topological polar surface area (TPSA) is 50.7 Å². The lowest BCUT2D eigenvalue weighted by Gasteiger charge is -2.04. The van der Waals surface area contributed by atoms with Crippen molar-refractivity contribution in [1.29, 1.82) is 0 Å². The Morgan fingerprint density at radius 3 is 2.14 bits per heavy atom. The van der Waals surface area contributed by atoms with Crippen LogP contribution in [0.1, 0.15) is 28.4 Å². The van der Waals surface area contributed by atoms with Crippen LogP contribution in [0.2, 0.25) is 0 Å². The van der Waals surface area contributed by atoms with Crippen molar-refractivity contribution >= 4 is 11.6 Å². The van der Waals surface area contributed by atoms with Gasteiger partial charge in [-0.25, -0.2) is 5.43 Å². The summed E-state index contributed by atoms with van der Waals surface area (Å²) >= 11 is 0. The van der Waals surface area contributed by atoms with Crippen molar-refractivity contribution in [3.63, 3.8) is 0 Å². The van der Waals surface area contributed by atoms with Crippen molar-refractivity contribution < 1.29 is 9.53 Å². The molecule has 2 rings (SSSR count). The Morgan fingerprint density at radius 2 is 1.57 bits per heavy atom. The molecule has 0 fully saturated rings. The lowest BCUT2D eigenvalue weighted by molar-refractivity contribution is 0.0955. The molecule has 0 bridgehead atoms. The van der Waals surface area contributed by atoms with Crippen LogP contribution in [0.3, 0.4) is 0 Å². The van der Waals surface area contributed by atoms with Crippen molar-refractivity contribution in [3.8, 4) is 5.75 Å². The van der Waals surface area contributed by atoms with Crippen LogP contribution in [0.5, 0.6) is 5.75 Å². The number of hydrogen-bond acceptors (Lipinski definition) is 3. The lowest BCUT2D eigenvalue weighted by Crippen LogP contribution is -2.19. The first-order valence-corrected chi connectivity index (χ1v) is 6.66. The fraction of sp³-hybridized carbons (Fsp3) is 0.176. The average Bonchev–Trinajstić information content (AvgIpc) is 2.53. The molecule has 0 unspecified atom stereocenters. The molecule has 4 heteroatoms. The third-order valence-electron chi connectivity index (χ3n) is 3.15. The summed E-state index contributed by atoms with van der Waals surface area (Å²) in [5, 5.41) is 4.13. The quantitative estimate of drug-likeness (QED) is 0.691. The molecule has 0 saturated carbocycles. The van der Waals surface area contributed by atoms with Gasteiger partial charge in [0, 0.05) is 5.56 Å². The Labute approximate surface area is 124 Å². The highest BCUT2D eigenvalue weighted by molar-refractivity contribution is 6.00. The highest BCUT2D eigenvalue weighted by atomic mass is 16.5. The van der Waals surface area contributed by atoms with E-state index >= 15 is 0 Å². The number of methoxy groups -OCH3 is 1. The van der Waals surface area contributed by atoms with Crippen LogP contribution in [0.15, 0.2) is 53.6 Å². The number of hydrazone groups is 1. The van der Waals surface area contributed by atoms with Gasteiger partial charge in [0.1, 0.15) is 5.75 Å². The summed E-state index contributed by atoms with van der Waals surface area (Å²) in [6.07, 6.45) is 0. The second kappa shape index (κ2) is 6.70. The zero-order chi connectivity index (χ0) is 15.2. The molecule has 0 aliphatic rings. The zero-order valence-electron chi connectivity index (χ0n) is 12.4. The van der Waals surface area contributed by atoms with Gasteiger partial charge in [-0.15, -0.1) is 0 Å². The van der Waals surface area contributed by atoms with Gasteiger partial charge in [-0.3, -0.25) is 4.79 Å². The van der Waals surface area contributed by atoms with E-state index < -0.39 is 0 Å². The molecule has 4 nitrogen and oxygen atoms in total. The van der Waals surface area contributed by atoms with E-state index in [9.17, 15) is 4.79 Å². The molecule has 1 N–H and O–H groups in total. The fourth-order valence-electron chi connectivity index (χ4n) is 1.80. The highest BCUT2D eigenvalue weighted by Gasteiger charge is 2.05. The number of nitrogens with one attached hydrogen (secondary N) is 1. The first kappa shape index (κ1) is 14.8. The maximum Gasteiger partial charge on any atom is 0.271 e. The van der Waals surface area contributed by atoms with E-state index in [0.717, 1.165) is 11.3 Å². The van der Waals surface area contributed by atoms with E-state index in [4.69, 9.17) is 4.74 Å². The average molecular weight is 282 g/mol. The maximum absolute atomic E-state index is 12.0. The van der Waals surface area contributed by atoms with Gasteiger partial charge in [0.25, 0.3) is 5.91 Å². The van der Waals surface area contributed by atoms with Crippen LogP contribution < -0.4 is 10.2 Å². The molecule has 0 radical (unpaired) electrons. The molecular formula is C17H18N2O2. The van der Waals surface area contributed by atoms with Gasteiger partial charge < -0.3 is 4.74 Å². The number of carbonyl (C=O) groups is 1. The monoisotopic (exact) mass is 282 g/mol. The third kappa shape index (κ3) is 3.92. The zero-order valence-corrected chi connectivity index (χ0v) is 12.4. The molecule has 0 saturated heterocycles. The summed E-state index contributed by atoms with van der Waals surface area (Å²) in [7, 11) is 1.59. The van der Waals surface area contributed by atoms with Gasteiger partial charge in [0.05, 0.1) is 12.8 Å². The van der Waals surface area contributed by atoms with Gasteiger partial charge >= 0.3 is 0 Å².